The average Bonchev–Trinajstić information content (AvgIpc) is 2.78. The van der Waals surface area contributed by atoms with Crippen LogP contribution in [0.4, 0.5) is 10.1 Å². The van der Waals surface area contributed by atoms with Crippen molar-refractivity contribution >= 4 is 35.2 Å². The molecule has 5 nitrogen and oxygen atoms in total. The van der Waals surface area contributed by atoms with Gasteiger partial charge in [0.25, 0.3) is 11.8 Å². The summed E-state index contributed by atoms with van der Waals surface area (Å²) in [5, 5.41) is 2.65. The first-order valence-corrected chi connectivity index (χ1v) is 8.09. The van der Waals surface area contributed by atoms with E-state index in [0.29, 0.717) is 16.1 Å². The van der Waals surface area contributed by atoms with Gasteiger partial charge in [0.05, 0.1) is 16.9 Å². The number of anilines is 1. The monoisotopic (exact) mass is 344 g/mol. The van der Waals surface area contributed by atoms with Crippen molar-refractivity contribution in [3.63, 3.8) is 0 Å². The molecule has 0 aliphatic carbocycles. The summed E-state index contributed by atoms with van der Waals surface area (Å²) in [6, 6.07) is 10.8. The zero-order valence-electron chi connectivity index (χ0n) is 12.7. The number of carbonyl (C=O) groups is 3. The third-order valence-corrected chi connectivity index (χ3v) is 4.62. The molecule has 0 unspecified atom stereocenters. The first kappa shape index (κ1) is 16.2. The highest BCUT2D eigenvalue weighted by Gasteiger charge is 2.32. The maximum Gasteiger partial charge on any atom is 0.261 e. The van der Waals surface area contributed by atoms with Gasteiger partial charge in [0.2, 0.25) is 5.91 Å². The Morgan fingerprint density at radius 3 is 2.58 bits per heavy atom. The molecule has 24 heavy (non-hydrogen) atoms. The normalized spacial score (nSPS) is 13.2. The molecule has 0 radical (unpaired) electrons. The fraction of sp³-hybridized carbons (Fsp3) is 0.118. The van der Waals surface area contributed by atoms with Crippen LogP contribution in [0.3, 0.4) is 0 Å². The third kappa shape index (κ3) is 3.03. The first-order chi connectivity index (χ1) is 11.5. The number of fused-ring (bicyclic) bond motifs is 1. The molecule has 0 saturated heterocycles. The molecule has 0 spiro atoms. The molecule has 0 atom stereocenters. The second-order valence-electron chi connectivity index (χ2n) is 5.20. The van der Waals surface area contributed by atoms with Gasteiger partial charge in [-0.15, -0.1) is 11.8 Å². The van der Waals surface area contributed by atoms with Crippen molar-refractivity contribution in [2.75, 3.05) is 18.1 Å². The second kappa shape index (κ2) is 6.45. The standard InChI is InChI=1S/C17H13FN2O3S/c1-20-16(22)11-7-6-10(8-12(11)17(20)23)19-15(21)9-24-14-5-3-2-4-13(14)18/h2-8H,9H2,1H3,(H,19,21). The molecule has 1 aliphatic heterocycles. The number of amides is 3. The van der Waals surface area contributed by atoms with E-state index in [1.165, 1.54) is 25.2 Å². The Kier molecular flexibility index (Phi) is 4.35. The van der Waals surface area contributed by atoms with Crippen LogP contribution in [0.15, 0.2) is 47.4 Å². The van der Waals surface area contributed by atoms with Crippen molar-refractivity contribution < 1.29 is 18.8 Å². The van der Waals surface area contributed by atoms with Gasteiger partial charge in [-0.25, -0.2) is 4.39 Å². The number of hydrogen-bond acceptors (Lipinski definition) is 4. The van der Waals surface area contributed by atoms with Crippen molar-refractivity contribution in [3.05, 3.63) is 59.4 Å². The molecular formula is C17H13FN2O3S. The van der Waals surface area contributed by atoms with Crippen molar-refractivity contribution in [2.45, 2.75) is 4.90 Å². The van der Waals surface area contributed by atoms with Crippen LogP contribution in [0.25, 0.3) is 0 Å². The fourth-order valence-electron chi connectivity index (χ4n) is 2.34. The van der Waals surface area contributed by atoms with Gasteiger partial charge >= 0.3 is 0 Å². The lowest BCUT2D eigenvalue weighted by atomic mass is 10.1. The predicted octanol–water partition coefficient (Wildman–Crippen LogP) is 2.78. The van der Waals surface area contributed by atoms with Crippen LogP contribution in [0.2, 0.25) is 0 Å². The molecule has 0 saturated carbocycles. The lowest BCUT2D eigenvalue weighted by Gasteiger charge is -2.06. The highest BCUT2D eigenvalue weighted by molar-refractivity contribution is 8.00. The number of benzene rings is 2. The lowest BCUT2D eigenvalue weighted by Crippen LogP contribution is -2.24. The van der Waals surface area contributed by atoms with E-state index in [1.54, 1.807) is 24.3 Å². The fourth-order valence-corrected chi connectivity index (χ4v) is 3.08. The van der Waals surface area contributed by atoms with Crippen LogP contribution in [0.1, 0.15) is 20.7 Å². The van der Waals surface area contributed by atoms with Crippen LogP contribution in [-0.2, 0) is 4.79 Å². The third-order valence-electron chi connectivity index (χ3n) is 3.57. The van der Waals surface area contributed by atoms with Crippen LogP contribution in [-0.4, -0.2) is 35.4 Å². The van der Waals surface area contributed by atoms with E-state index in [2.05, 4.69) is 5.32 Å². The number of hydrogen-bond donors (Lipinski definition) is 1. The quantitative estimate of drug-likeness (QED) is 0.684. The molecule has 0 fully saturated rings. The zero-order chi connectivity index (χ0) is 17.3. The molecule has 0 aromatic heterocycles. The zero-order valence-corrected chi connectivity index (χ0v) is 13.5. The van der Waals surface area contributed by atoms with Gasteiger partial charge in [0.15, 0.2) is 0 Å². The minimum atomic E-state index is -0.396. The van der Waals surface area contributed by atoms with E-state index >= 15 is 0 Å². The molecular weight excluding hydrogens is 331 g/mol. The summed E-state index contributed by atoms with van der Waals surface area (Å²) in [6.45, 7) is 0. The maximum absolute atomic E-state index is 13.5. The highest BCUT2D eigenvalue weighted by atomic mass is 32.2. The minimum absolute atomic E-state index is 0.0325. The average molecular weight is 344 g/mol. The number of nitrogens with one attached hydrogen (secondary N) is 1. The van der Waals surface area contributed by atoms with E-state index in [-0.39, 0.29) is 28.9 Å². The van der Waals surface area contributed by atoms with Gasteiger partial charge < -0.3 is 5.32 Å². The number of imide groups is 1. The molecule has 1 N–H and O–H groups in total. The number of halogens is 1. The Morgan fingerprint density at radius 1 is 1.12 bits per heavy atom. The molecule has 122 valence electrons. The van der Waals surface area contributed by atoms with Gasteiger partial charge in [-0.3, -0.25) is 19.3 Å². The van der Waals surface area contributed by atoms with Gasteiger partial charge in [-0.2, -0.15) is 0 Å². The van der Waals surface area contributed by atoms with Gasteiger partial charge in [0, 0.05) is 17.6 Å². The number of thioether (sulfide) groups is 1. The van der Waals surface area contributed by atoms with Crippen LogP contribution in [0.5, 0.6) is 0 Å². The molecule has 2 aromatic carbocycles. The Labute approximate surface area is 141 Å². The molecule has 0 bridgehead atoms. The predicted molar refractivity (Wildman–Crippen MR) is 88.6 cm³/mol. The Morgan fingerprint density at radius 2 is 1.83 bits per heavy atom. The summed E-state index contributed by atoms with van der Waals surface area (Å²) in [7, 11) is 1.41. The van der Waals surface area contributed by atoms with Crippen molar-refractivity contribution in [1.82, 2.24) is 4.90 Å². The van der Waals surface area contributed by atoms with Gasteiger partial charge in [-0.1, -0.05) is 12.1 Å². The Balaban J connectivity index is 1.67. The molecule has 3 rings (SSSR count). The van der Waals surface area contributed by atoms with Crippen molar-refractivity contribution in [1.29, 1.82) is 0 Å². The number of nitrogens with zero attached hydrogens (tertiary/aromatic N) is 1. The summed E-state index contributed by atoms with van der Waals surface area (Å²) in [5.41, 5.74) is 1.01. The van der Waals surface area contributed by atoms with Crippen molar-refractivity contribution in [2.24, 2.45) is 0 Å². The van der Waals surface area contributed by atoms with Crippen LogP contribution >= 0.6 is 11.8 Å². The Hall–Kier alpha value is -2.67. The topological polar surface area (TPSA) is 66.5 Å². The van der Waals surface area contributed by atoms with E-state index in [4.69, 9.17) is 0 Å². The highest BCUT2D eigenvalue weighted by Crippen LogP contribution is 2.25. The maximum atomic E-state index is 13.5. The van der Waals surface area contributed by atoms with E-state index < -0.39 is 5.91 Å². The minimum Gasteiger partial charge on any atom is -0.325 e. The van der Waals surface area contributed by atoms with Gasteiger partial charge in [0.1, 0.15) is 5.82 Å². The molecule has 1 aliphatic rings. The largest absolute Gasteiger partial charge is 0.325 e. The van der Waals surface area contributed by atoms with Crippen LogP contribution < -0.4 is 5.32 Å². The summed E-state index contributed by atoms with van der Waals surface area (Å²) in [6.07, 6.45) is 0. The SMILES string of the molecule is CN1C(=O)c2ccc(NC(=O)CSc3ccccc3F)cc2C1=O. The van der Waals surface area contributed by atoms with Crippen molar-refractivity contribution in [3.8, 4) is 0 Å². The number of carbonyl (C=O) groups excluding carboxylic acids is 3. The van der Waals surface area contributed by atoms with E-state index in [0.717, 1.165) is 16.7 Å². The number of rotatable bonds is 4. The summed E-state index contributed by atoms with van der Waals surface area (Å²) in [5.74, 6) is -1.42. The van der Waals surface area contributed by atoms with Gasteiger partial charge in [-0.05, 0) is 30.3 Å². The summed E-state index contributed by atoms with van der Waals surface area (Å²) < 4.78 is 13.5. The van der Waals surface area contributed by atoms with E-state index in [9.17, 15) is 18.8 Å². The smallest absolute Gasteiger partial charge is 0.261 e. The van der Waals surface area contributed by atoms with Crippen LogP contribution in [0, 0.1) is 5.82 Å². The Bertz CT molecular complexity index is 853. The molecule has 2 aromatic rings. The summed E-state index contributed by atoms with van der Waals surface area (Å²) >= 11 is 1.08. The molecule has 3 amide bonds. The lowest BCUT2D eigenvalue weighted by molar-refractivity contribution is -0.113. The summed E-state index contributed by atoms with van der Waals surface area (Å²) in [4.78, 5) is 37.2. The second-order valence-corrected chi connectivity index (χ2v) is 6.21. The molecule has 1 heterocycles. The molecule has 7 heteroatoms. The first-order valence-electron chi connectivity index (χ1n) is 7.11. The van der Waals surface area contributed by atoms with E-state index in [1.807, 2.05) is 0 Å².